The maximum absolute atomic E-state index is 14.7. The summed E-state index contributed by atoms with van der Waals surface area (Å²) in [7, 11) is 0. The fourth-order valence-corrected chi connectivity index (χ4v) is 3.76. The minimum absolute atomic E-state index is 0.0252. The van der Waals surface area contributed by atoms with E-state index in [9.17, 15) is 18.8 Å². The van der Waals surface area contributed by atoms with Gasteiger partial charge < -0.3 is 14.2 Å². The van der Waals surface area contributed by atoms with Gasteiger partial charge in [-0.05, 0) is 71.3 Å². The smallest absolute Gasteiger partial charge is 0.343 e. The fraction of sp³-hybridized carbons (Fsp3) is 0.0571. The Hall–Kier alpha value is -5.74. The van der Waals surface area contributed by atoms with Crippen molar-refractivity contribution >= 4 is 17.7 Å². The van der Waals surface area contributed by atoms with Crippen molar-refractivity contribution < 1.29 is 33.0 Å². The van der Waals surface area contributed by atoms with Crippen molar-refractivity contribution in [2.75, 3.05) is 6.79 Å². The van der Waals surface area contributed by atoms with Gasteiger partial charge in [-0.1, -0.05) is 67.5 Å². The summed E-state index contributed by atoms with van der Waals surface area (Å²) in [6.45, 7) is 6.49. The highest BCUT2D eigenvalue weighted by molar-refractivity contribution is 5.92. The molecule has 0 radical (unpaired) electrons. The molecule has 0 aliphatic heterocycles. The Kier molecular flexibility index (Phi) is 9.79. The van der Waals surface area contributed by atoms with E-state index in [1.165, 1.54) is 12.1 Å². The summed E-state index contributed by atoms with van der Waals surface area (Å²) in [6, 6.07) is 25.2. The number of ether oxygens (including phenoxy) is 3. The van der Waals surface area contributed by atoms with E-state index in [-0.39, 0.29) is 19.0 Å². The van der Waals surface area contributed by atoms with Crippen LogP contribution in [0.3, 0.4) is 0 Å². The second-order valence-electron chi connectivity index (χ2n) is 8.79. The third kappa shape index (κ3) is 7.90. The molecule has 0 N–H and O–H groups in total. The third-order valence-electron chi connectivity index (χ3n) is 5.97. The molecule has 4 aromatic carbocycles. The lowest BCUT2D eigenvalue weighted by molar-refractivity contribution is -0.144. The van der Waals surface area contributed by atoms with Crippen LogP contribution in [0.25, 0.3) is 22.3 Å². The van der Waals surface area contributed by atoms with E-state index in [1.807, 2.05) is 24.3 Å². The maximum Gasteiger partial charge on any atom is 0.343 e. The van der Waals surface area contributed by atoms with Crippen LogP contribution in [0, 0.1) is 17.7 Å². The molecular formula is C35H25FO6. The Labute approximate surface area is 242 Å². The van der Waals surface area contributed by atoms with Crippen molar-refractivity contribution in [1.29, 1.82) is 0 Å². The summed E-state index contributed by atoms with van der Waals surface area (Å²) in [4.78, 5) is 35.0. The van der Waals surface area contributed by atoms with E-state index in [4.69, 9.17) is 14.2 Å². The quantitative estimate of drug-likeness (QED) is 0.0687. The minimum atomic E-state index is -0.565. The minimum Gasteiger partial charge on any atom is -0.457 e. The van der Waals surface area contributed by atoms with Crippen LogP contribution in [-0.2, 0) is 14.3 Å². The number of halogens is 1. The van der Waals surface area contributed by atoms with Crippen LogP contribution >= 0.6 is 0 Å². The number of benzene rings is 4. The molecule has 0 fully saturated rings. The first-order chi connectivity index (χ1) is 20.4. The highest BCUT2D eigenvalue weighted by Gasteiger charge is 2.11. The first-order valence-corrected chi connectivity index (χ1v) is 12.7. The van der Waals surface area contributed by atoms with Gasteiger partial charge in [0.2, 0.25) is 6.79 Å². The average Bonchev–Trinajstić information content (AvgIpc) is 3.02. The van der Waals surface area contributed by atoms with E-state index in [0.717, 1.165) is 17.2 Å². The van der Waals surface area contributed by atoms with E-state index in [1.54, 1.807) is 60.7 Å². The molecule has 7 heteroatoms. The molecule has 4 aromatic rings. The standard InChI is InChI=1S/C35H25FO6/c1-3-29(37)7-5-6-24-8-21-32(33(36)22-24)27-9-11-28(12-10-27)35(39)42-31-19-15-26(16-20-31)25-13-17-30(18-14-25)40-23-41-34(38)4-2/h3-4,8-22H,1-2,7,23H2. The second kappa shape index (κ2) is 14.1. The number of carbonyl (C=O) groups is 3. The van der Waals surface area contributed by atoms with Crippen molar-refractivity contribution in [3.8, 4) is 45.6 Å². The molecular weight excluding hydrogens is 535 g/mol. The molecule has 42 heavy (non-hydrogen) atoms. The van der Waals surface area contributed by atoms with Crippen molar-refractivity contribution in [3.05, 3.63) is 133 Å². The van der Waals surface area contributed by atoms with E-state index in [0.29, 0.717) is 33.8 Å². The van der Waals surface area contributed by atoms with Crippen molar-refractivity contribution in [1.82, 2.24) is 0 Å². The Morgan fingerprint density at radius 3 is 1.98 bits per heavy atom. The normalized spacial score (nSPS) is 10.0. The Morgan fingerprint density at radius 1 is 0.762 bits per heavy atom. The lowest BCUT2D eigenvalue weighted by Crippen LogP contribution is -2.08. The SMILES string of the molecule is C=CC(=O)CC#Cc1ccc(-c2ccc(C(=O)Oc3ccc(-c4ccc(OCOC(=O)C=C)cc4)cc3)cc2)c(F)c1. The molecule has 0 bridgehead atoms. The summed E-state index contributed by atoms with van der Waals surface area (Å²) in [5.74, 6) is 4.58. The summed E-state index contributed by atoms with van der Waals surface area (Å²) in [5.41, 5.74) is 3.51. The number of hydrogen-bond acceptors (Lipinski definition) is 6. The largest absolute Gasteiger partial charge is 0.457 e. The summed E-state index contributed by atoms with van der Waals surface area (Å²) >= 11 is 0. The predicted octanol–water partition coefficient (Wildman–Crippen LogP) is 6.94. The summed E-state index contributed by atoms with van der Waals surface area (Å²) in [6.07, 6.45) is 2.28. The Morgan fingerprint density at radius 2 is 1.38 bits per heavy atom. The van der Waals surface area contributed by atoms with E-state index in [2.05, 4.69) is 25.0 Å². The monoisotopic (exact) mass is 560 g/mol. The average molecular weight is 561 g/mol. The van der Waals surface area contributed by atoms with E-state index < -0.39 is 17.8 Å². The molecule has 0 spiro atoms. The van der Waals surface area contributed by atoms with Gasteiger partial charge in [-0.2, -0.15) is 0 Å². The molecule has 0 unspecified atom stereocenters. The van der Waals surface area contributed by atoms with Crippen LogP contribution in [0.5, 0.6) is 11.5 Å². The van der Waals surface area contributed by atoms with Gasteiger partial charge >= 0.3 is 11.9 Å². The van der Waals surface area contributed by atoms with Gasteiger partial charge in [-0.15, -0.1) is 0 Å². The van der Waals surface area contributed by atoms with Crippen LogP contribution in [0.1, 0.15) is 22.3 Å². The number of esters is 2. The zero-order valence-corrected chi connectivity index (χ0v) is 22.5. The molecule has 0 saturated carbocycles. The van der Waals surface area contributed by atoms with Gasteiger partial charge in [0.15, 0.2) is 5.78 Å². The first kappa shape index (κ1) is 29.2. The molecule has 0 aliphatic carbocycles. The van der Waals surface area contributed by atoms with Crippen LogP contribution in [0.15, 0.2) is 116 Å². The lowest BCUT2D eigenvalue weighted by Gasteiger charge is -2.09. The van der Waals surface area contributed by atoms with Gasteiger partial charge in [-0.25, -0.2) is 14.0 Å². The number of hydrogen-bond donors (Lipinski definition) is 0. The van der Waals surface area contributed by atoms with E-state index >= 15 is 0 Å². The van der Waals surface area contributed by atoms with Crippen molar-refractivity contribution in [2.45, 2.75) is 6.42 Å². The molecule has 0 saturated heterocycles. The van der Waals surface area contributed by atoms with Crippen LogP contribution in [0.4, 0.5) is 4.39 Å². The van der Waals surface area contributed by atoms with Gasteiger partial charge in [0.1, 0.15) is 17.3 Å². The van der Waals surface area contributed by atoms with Gasteiger partial charge in [0.05, 0.1) is 12.0 Å². The predicted molar refractivity (Wildman–Crippen MR) is 157 cm³/mol. The zero-order chi connectivity index (χ0) is 29.9. The molecule has 208 valence electrons. The number of allylic oxidation sites excluding steroid dienone is 1. The van der Waals surface area contributed by atoms with Gasteiger partial charge in [0, 0.05) is 17.2 Å². The number of ketones is 1. The molecule has 0 amide bonds. The molecule has 6 nitrogen and oxygen atoms in total. The Bertz CT molecular complexity index is 1680. The van der Waals surface area contributed by atoms with Crippen LogP contribution in [0.2, 0.25) is 0 Å². The third-order valence-corrected chi connectivity index (χ3v) is 5.97. The topological polar surface area (TPSA) is 78.9 Å². The second-order valence-corrected chi connectivity index (χ2v) is 8.79. The molecule has 0 aromatic heterocycles. The molecule has 0 aliphatic rings. The van der Waals surface area contributed by atoms with Crippen molar-refractivity contribution in [3.63, 3.8) is 0 Å². The molecule has 0 heterocycles. The Balaban J connectivity index is 1.34. The van der Waals surface area contributed by atoms with Crippen molar-refractivity contribution in [2.24, 2.45) is 0 Å². The van der Waals surface area contributed by atoms with Crippen LogP contribution in [-0.4, -0.2) is 24.5 Å². The first-order valence-electron chi connectivity index (χ1n) is 12.7. The highest BCUT2D eigenvalue weighted by atomic mass is 19.1. The fourth-order valence-electron chi connectivity index (χ4n) is 3.76. The highest BCUT2D eigenvalue weighted by Crippen LogP contribution is 2.27. The maximum atomic E-state index is 14.7. The zero-order valence-electron chi connectivity index (χ0n) is 22.5. The van der Waals surface area contributed by atoms with Gasteiger partial charge in [0.25, 0.3) is 0 Å². The number of carbonyl (C=O) groups excluding carboxylic acids is 3. The number of rotatable bonds is 10. The molecule has 0 atom stereocenters. The summed E-state index contributed by atoms with van der Waals surface area (Å²) < 4.78 is 30.4. The summed E-state index contributed by atoms with van der Waals surface area (Å²) in [5, 5.41) is 0. The van der Waals surface area contributed by atoms with Gasteiger partial charge in [-0.3, -0.25) is 4.79 Å². The van der Waals surface area contributed by atoms with Crippen LogP contribution < -0.4 is 9.47 Å². The molecule has 4 rings (SSSR count). The lowest BCUT2D eigenvalue weighted by atomic mass is 10.0.